The molecule has 1 aliphatic heterocycles. The topological polar surface area (TPSA) is 98.0 Å². The van der Waals surface area contributed by atoms with Crippen LogP contribution in [0.5, 0.6) is 5.88 Å². The zero-order valence-electron chi connectivity index (χ0n) is 19.9. The highest BCUT2D eigenvalue weighted by atomic mass is 79.9. The molecular formula is C25H21BrF4N4O4. The zero-order valence-corrected chi connectivity index (χ0v) is 21.5. The van der Waals surface area contributed by atoms with E-state index < -0.39 is 29.6 Å². The second kappa shape index (κ2) is 10.9. The Kier molecular flexibility index (Phi) is 7.76. The number of carbonyl (C=O) groups excluding carboxylic acids is 2. The summed E-state index contributed by atoms with van der Waals surface area (Å²) >= 11 is 3.31. The van der Waals surface area contributed by atoms with Gasteiger partial charge in [-0.2, -0.15) is 13.2 Å². The van der Waals surface area contributed by atoms with Gasteiger partial charge in [0, 0.05) is 11.8 Å². The maximum Gasteiger partial charge on any atom is 0.416 e. The van der Waals surface area contributed by atoms with Crippen molar-refractivity contribution in [3.05, 3.63) is 75.6 Å². The summed E-state index contributed by atoms with van der Waals surface area (Å²) in [6.45, 7) is -0.119. The molecule has 200 valence electrons. The summed E-state index contributed by atoms with van der Waals surface area (Å²) in [6.07, 6.45) is -5.05. The number of amides is 2. The molecule has 2 amide bonds. The molecule has 3 aromatic rings. The standard InChI is InChI=1S/C25H21BrF4N4O4/c1-37-21-9-8-20(22(26)32-21)34-13-33(19-6-4-15(25(28,29)30)12-17(19)23(34)35)18-7-5-16(27)11-14(18)3-2-10-38-24(31)36/h4-9,11-12H,2-3,10,13H2,1H3,(H2,31,36). The minimum Gasteiger partial charge on any atom is -0.481 e. The summed E-state index contributed by atoms with van der Waals surface area (Å²) in [5.74, 6) is -0.937. The van der Waals surface area contributed by atoms with E-state index in [9.17, 15) is 27.2 Å². The molecule has 0 saturated carbocycles. The van der Waals surface area contributed by atoms with E-state index in [-0.39, 0.29) is 41.4 Å². The van der Waals surface area contributed by atoms with E-state index in [0.29, 0.717) is 23.4 Å². The van der Waals surface area contributed by atoms with Gasteiger partial charge in [0.25, 0.3) is 5.91 Å². The molecule has 0 atom stereocenters. The number of fused-ring (bicyclic) bond motifs is 1. The average molecular weight is 597 g/mol. The Labute approximate surface area is 223 Å². The number of primary amides is 1. The van der Waals surface area contributed by atoms with Crippen molar-refractivity contribution in [2.24, 2.45) is 5.73 Å². The van der Waals surface area contributed by atoms with E-state index in [0.717, 1.165) is 12.1 Å². The molecule has 0 saturated heterocycles. The maximum atomic E-state index is 14.2. The van der Waals surface area contributed by atoms with Crippen LogP contribution in [0.4, 0.5) is 39.4 Å². The van der Waals surface area contributed by atoms with Crippen molar-refractivity contribution in [2.45, 2.75) is 19.0 Å². The summed E-state index contributed by atoms with van der Waals surface area (Å²) in [5, 5.41) is 0. The van der Waals surface area contributed by atoms with Crippen LogP contribution in [0.25, 0.3) is 0 Å². The van der Waals surface area contributed by atoms with Gasteiger partial charge >= 0.3 is 12.3 Å². The Hall–Kier alpha value is -3.87. The molecule has 8 nitrogen and oxygen atoms in total. The first-order chi connectivity index (χ1) is 18.0. The Balaban J connectivity index is 1.82. The van der Waals surface area contributed by atoms with Crippen LogP contribution in [0, 0.1) is 5.82 Å². The van der Waals surface area contributed by atoms with Gasteiger partial charge in [0.1, 0.15) is 17.1 Å². The van der Waals surface area contributed by atoms with E-state index in [4.69, 9.17) is 15.2 Å². The van der Waals surface area contributed by atoms with Crippen molar-refractivity contribution >= 4 is 45.0 Å². The molecule has 4 rings (SSSR count). The molecule has 0 aliphatic carbocycles. The number of aromatic nitrogens is 1. The first-order valence-corrected chi connectivity index (χ1v) is 12.0. The lowest BCUT2D eigenvalue weighted by Gasteiger charge is -2.39. The van der Waals surface area contributed by atoms with Crippen LogP contribution in [0.2, 0.25) is 0 Å². The van der Waals surface area contributed by atoms with Gasteiger partial charge in [0.2, 0.25) is 5.88 Å². The number of carbonyl (C=O) groups is 2. The zero-order chi connectivity index (χ0) is 27.6. The Morgan fingerprint density at radius 2 is 1.79 bits per heavy atom. The van der Waals surface area contributed by atoms with E-state index in [1.165, 1.54) is 42.3 Å². The molecule has 2 N–H and O–H groups in total. The molecule has 2 aromatic carbocycles. The smallest absolute Gasteiger partial charge is 0.416 e. The van der Waals surface area contributed by atoms with Gasteiger partial charge in [0.15, 0.2) is 0 Å². The van der Waals surface area contributed by atoms with Crippen molar-refractivity contribution in [1.29, 1.82) is 0 Å². The van der Waals surface area contributed by atoms with Crippen LogP contribution in [0.1, 0.15) is 27.9 Å². The number of pyridine rings is 1. The molecule has 2 heterocycles. The van der Waals surface area contributed by atoms with Crippen LogP contribution in [0.3, 0.4) is 0 Å². The second-order valence-corrected chi connectivity index (χ2v) is 8.99. The lowest BCUT2D eigenvalue weighted by molar-refractivity contribution is -0.137. The lowest BCUT2D eigenvalue weighted by Crippen LogP contribution is -2.45. The SMILES string of the molecule is COc1ccc(N2CN(c3ccc(F)cc3CCCOC(N)=O)c3ccc(C(F)(F)F)cc3C2=O)c(Br)n1. The molecular weight excluding hydrogens is 576 g/mol. The Bertz CT molecular complexity index is 1390. The quantitative estimate of drug-likeness (QED) is 0.210. The number of methoxy groups -OCH3 is 1. The molecule has 0 radical (unpaired) electrons. The summed E-state index contributed by atoms with van der Waals surface area (Å²) in [4.78, 5) is 31.5. The predicted octanol–water partition coefficient (Wildman–Crippen LogP) is 5.79. The number of aryl methyl sites for hydroxylation is 1. The van der Waals surface area contributed by atoms with E-state index in [1.54, 1.807) is 11.0 Å². The van der Waals surface area contributed by atoms with Crippen LogP contribution in [-0.2, 0) is 17.3 Å². The van der Waals surface area contributed by atoms with Crippen LogP contribution >= 0.6 is 15.9 Å². The van der Waals surface area contributed by atoms with Crippen molar-refractivity contribution in [3.63, 3.8) is 0 Å². The normalized spacial score (nSPS) is 13.4. The Morgan fingerprint density at radius 3 is 2.45 bits per heavy atom. The molecule has 1 aliphatic rings. The lowest BCUT2D eigenvalue weighted by atomic mass is 10.0. The molecule has 0 unspecified atom stereocenters. The number of nitrogens with zero attached hydrogens (tertiary/aromatic N) is 3. The molecule has 13 heteroatoms. The Morgan fingerprint density at radius 1 is 1.08 bits per heavy atom. The summed E-state index contributed by atoms with van der Waals surface area (Å²) in [6, 6.07) is 9.96. The number of benzene rings is 2. The fourth-order valence-electron chi connectivity index (χ4n) is 4.12. The van der Waals surface area contributed by atoms with Gasteiger partial charge in [-0.05, 0) is 76.8 Å². The average Bonchev–Trinajstić information content (AvgIpc) is 2.86. The first-order valence-electron chi connectivity index (χ1n) is 11.2. The summed E-state index contributed by atoms with van der Waals surface area (Å²) < 4.78 is 65.0. The third-order valence-electron chi connectivity index (χ3n) is 5.84. The van der Waals surface area contributed by atoms with Crippen molar-refractivity contribution < 1.29 is 36.6 Å². The fourth-order valence-corrected chi connectivity index (χ4v) is 4.64. The number of hydrogen-bond donors (Lipinski definition) is 1. The van der Waals surface area contributed by atoms with Gasteiger partial charge in [-0.3, -0.25) is 9.69 Å². The minimum atomic E-state index is -4.67. The monoisotopic (exact) mass is 596 g/mol. The van der Waals surface area contributed by atoms with Gasteiger partial charge in [-0.1, -0.05) is 0 Å². The molecule has 0 spiro atoms. The molecule has 1 aromatic heterocycles. The number of rotatable bonds is 7. The van der Waals surface area contributed by atoms with Crippen molar-refractivity contribution in [3.8, 4) is 5.88 Å². The molecule has 0 bridgehead atoms. The van der Waals surface area contributed by atoms with E-state index in [2.05, 4.69) is 20.9 Å². The predicted molar refractivity (Wildman–Crippen MR) is 134 cm³/mol. The number of halogens is 5. The highest BCUT2D eigenvalue weighted by Crippen LogP contribution is 2.41. The number of alkyl halides is 3. The number of anilines is 3. The maximum absolute atomic E-state index is 14.2. The third kappa shape index (κ3) is 5.67. The van der Waals surface area contributed by atoms with Crippen LogP contribution in [0.15, 0.2) is 53.1 Å². The van der Waals surface area contributed by atoms with E-state index in [1.807, 2.05) is 0 Å². The highest BCUT2D eigenvalue weighted by Gasteiger charge is 2.37. The van der Waals surface area contributed by atoms with Gasteiger partial charge in [-0.25, -0.2) is 14.2 Å². The van der Waals surface area contributed by atoms with E-state index >= 15 is 0 Å². The fraction of sp³-hybridized carbons (Fsp3) is 0.240. The van der Waals surface area contributed by atoms with Gasteiger partial charge in [0.05, 0.1) is 36.2 Å². The van der Waals surface area contributed by atoms with Gasteiger partial charge < -0.3 is 20.1 Å². The number of nitrogens with two attached hydrogens (primary N) is 1. The summed E-state index contributed by atoms with van der Waals surface area (Å²) in [7, 11) is 1.42. The van der Waals surface area contributed by atoms with Gasteiger partial charge in [-0.15, -0.1) is 0 Å². The number of ether oxygens (including phenoxy) is 2. The summed E-state index contributed by atoms with van der Waals surface area (Å²) in [5.41, 5.74) is 5.28. The molecule has 38 heavy (non-hydrogen) atoms. The highest BCUT2D eigenvalue weighted by molar-refractivity contribution is 9.10. The largest absolute Gasteiger partial charge is 0.481 e. The van der Waals surface area contributed by atoms with Crippen molar-refractivity contribution in [2.75, 3.05) is 30.2 Å². The third-order valence-corrected chi connectivity index (χ3v) is 6.43. The first kappa shape index (κ1) is 27.2. The minimum absolute atomic E-state index is 0.00804. The molecule has 0 fully saturated rings. The van der Waals surface area contributed by atoms with Crippen LogP contribution < -0.4 is 20.3 Å². The van der Waals surface area contributed by atoms with Crippen molar-refractivity contribution in [1.82, 2.24) is 4.98 Å². The number of hydrogen-bond acceptors (Lipinski definition) is 6. The second-order valence-electron chi connectivity index (χ2n) is 8.24. The van der Waals surface area contributed by atoms with Crippen LogP contribution in [-0.4, -0.2) is 37.4 Å².